The van der Waals surface area contributed by atoms with Gasteiger partial charge in [-0.3, -0.25) is 14.0 Å². The molecule has 0 aliphatic carbocycles. The molecule has 10 heavy (non-hydrogen) atoms. The quantitative estimate of drug-likeness (QED) is 0.506. The van der Waals surface area contributed by atoms with Crippen molar-refractivity contribution in [2.24, 2.45) is 4.99 Å². The summed E-state index contributed by atoms with van der Waals surface area (Å²) >= 11 is 0. The molecular weight excluding hydrogens is 152 g/mol. The van der Waals surface area contributed by atoms with Gasteiger partial charge >= 0.3 is 0 Å². The molecule has 0 spiro atoms. The second-order valence-electron chi connectivity index (χ2n) is 1.92. The van der Waals surface area contributed by atoms with Crippen LogP contribution < -0.4 is 5.32 Å². The fourth-order valence-corrected chi connectivity index (χ4v) is 1.59. The Bertz CT molecular complexity index is 212. The zero-order valence-electron chi connectivity index (χ0n) is 5.59. The number of hydrogen-bond acceptors (Lipinski definition) is 3. The molecule has 1 rings (SSSR count). The van der Waals surface area contributed by atoms with Crippen molar-refractivity contribution in [1.82, 2.24) is 5.32 Å². The van der Waals surface area contributed by atoms with Crippen LogP contribution in [0.3, 0.4) is 0 Å². The van der Waals surface area contributed by atoms with Crippen LogP contribution in [0.25, 0.3) is 0 Å². The van der Waals surface area contributed by atoms with E-state index in [1.54, 1.807) is 0 Å². The molecule has 56 valence electrons. The summed E-state index contributed by atoms with van der Waals surface area (Å²) in [5.74, 6) is 0.323. The number of amidine groups is 1. The first-order chi connectivity index (χ1) is 4.70. The van der Waals surface area contributed by atoms with Crippen LogP contribution in [0.4, 0.5) is 0 Å². The van der Waals surface area contributed by atoms with Crippen LogP contribution >= 0.6 is 0 Å². The van der Waals surface area contributed by atoms with E-state index in [1.807, 2.05) is 0 Å². The Hall–Kier alpha value is -0.710. The van der Waals surface area contributed by atoms with E-state index in [1.165, 1.54) is 6.92 Å². The molecule has 1 aliphatic rings. The van der Waals surface area contributed by atoms with Gasteiger partial charge in [-0.25, -0.2) is 0 Å². The van der Waals surface area contributed by atoms with Crippen LogP contribution in [-0.2, 0) is 15.6 Å². The molecule has 1 aliphatic heterocycles. The number of aliphatic imine (C=N–C) groups is 1. The SMILES string of the molecule is CC(=O)NC1=NCCS1=O. The van der Waals surface area contributed by atoms with Crippen LogP contribution in [0.1, 0.15) is 6.92 Å². The van der Waals surface area contributed by atoms with Gasteiger partial charge in [-0.15, -0.1) is 0 Å². The third-order valence-corrected chi connectivity index (χ3v) is 2.25. The molecule has 1 N–H and O–H groups in total. The summed E-state index contributed by atoms with van der Waals surface area (Å²) in [5, 5.41) is 2.73. The van der Waals surface area contributed by atoms with Crippen LogP contribution in [0.2, 0.25) is 0 Å². The van der Waals surface area contributed by atoms with E-state index in [4.69, 9.17) is 0 Å². The summed E-state index contributed by atoms with van der Waals surface area (Å²) in [4.78, 5) is 14.3. The maximum absolute atomic E-state index is 10.9. The molecule has 0 bridgehead atoms. The lowest BCUT2D eigenvalue weighted by atomic mass is 10.7. The average Bonchev–Trinajstić information content (AvgIpc) is 2.15. The summed E-state index contributed by atoms with van der Waals surface area (Å²) in [7, 11) is -1.06. The molecule has 0 radical (unpaired) electrons. The molecule has 0 aromatic heterocycles. The largest absolute Gasteiger partial charge is 0.304 e. The van der Waals surface area contributed by atoms with Gasteiger partial charge < -0.3 is 5.32 Å². The zero-order chi connectivity index (χ0) is 7.56. The maximum atomic E-state index is 10.9. The summed E-state index contributed by atoms with van der Waals surface area (Å²) in [6.07, 6.45) is 0. The summed E-state index contributed by atoms with van der Waals surface area (Å²) in [6, 6.07) is 0. The smallest absolute Gasteiger partial charge is 0.222 e. The Morgan fingerprint density at radius 3 is 2.90 bits per heavy atom. The highest BCUT2D eigenvalue weighted by molar-refractivity contribution is 8.00. The van der Waals surface area contributed by atoms with Gasteiger partial charge in [0.05, 0.1) is 23.1 Å². The van der Waals surface area contributed by atoms with Crippen molar-refractivity contribution in [3.8, 4) is 0 Å². The van der Waals surface area contributed by atoms with Gasteiger partial charge in [-0.05, 0) is 0 Å². The molecule has 5 heteroatoms. The van der Waals surface area contributed by atoms with Crippen molar-refractivity contribution >= 4 is 21.9 Å². The number of nitrogens with zero attached hydrogens (tertiary/aromatic N) is 1. The zero-order valence-corrected chi connectivity index (χ0v) is 6.40. The van der Waals surface area contributed by atoms with Crippen molar-refractivity contribution in [3.63, 3.8) is 0 Å². The molecule has 0 aromatic carbocycles. The first-order valence-corrected chi connectivity index (χ1v) is 4.22. The highest BCUT2D eigenvalue weighted by Crippen LogP contribution is 1.95. The van der Waals surface area contributed by atoms with E-state index in [2.05, 4.69) is 10.3 Å². The van der Waals surface area contributed by atoms with Crippen molar-refractivity contribution in [3.05, 3.63) is 0 Å². The van der Waals surface area contributed by atoms with Crippen LogP contribution in [-0.4, -0.2) is 27.6 Å². The van der Waals surface area contributed by atoms with Gasteiger partial charge in [0.15, 0.2) is 5.17 Å². The molecule has 1 atom stereocenters. The number of carbonyl (C=O) groups excluding carboxylic acids is 1. The van der Waals surface area contributed by atoms with Gasteiger partial charge in [-0.1, -0.05) is 0 Å². The minimum absolute atomic E-state index is 0.214. The third-order valence-electron chi connectivity index (χ3n) is 1.03. The third kappa shape index (κ3) is 1.63. The highest BCUT2D eigenvalue weighted by atomic mass is 32.2. The number of amides is 1. The average molecular weight is 160 g/mol. The fourth-order valence-electron chi connectivity index (χ4n) is 0.646. The van der Waals surface area contributed by atoms with E-state index < -0.39 is 10.8 Å². The first kappa shape index (κ1) is 7.40. The normalized spacial score (nSPS) is 24.1. The first-order valence-electron chi connectivity index (χ1n) is 2.90. The Balaban J connectivity index is 2.56. The van der Waals surface area contributed by atoms with Crippen LogP contribution in [0.15, 0.2) is 4.99 Å². The Morgan fingerprint density at radius 1 is 1.80 bits per heavy atom. The van der Waals surface area contributed by atoms with E-state index in [0.717, 1.165) is 0 Å². The van der Waals surface area contributed by atoms with Crippen molar-refractivity contribution in [2.75, 3.05) is 12.3 Å². The second kappa shape index (κ2) is 2.92. The molecule has 0 saturated carbocycles. The van der Waals surface area contributed by atoms with E-state index in [-0.39, 0.29) is 5.91 Å². The van der Waals surface area contributed by atoms with Crippen molar-refractivity contribution in [1.29, 1.82) is 0 Å². The molecule has 1 amide bonds. The fraction of sp³-hybridized carbons (Fsp3) is 0.600. The molecular formula is C5H8N2O2S. The summed E-state index contributed by atoms with van der Waals surface area (Å²) in [5.41, 5.74) is 0. The lowest BCUT2D eigenvalue weighted by Crippen LogP contribution is -2.29. The Labute approximate surface area is 61.2 Å². The van der Waals surface area contributed by atoms with Gasteiger partial charge in [0, 0.05) is 6.92 Å². The van der Waals surface area contributed by atoms with Crippen molar-refractivity contribution in [2.45, 2.75) is 6.92 Å². The number of hydrogen-bond donors (Lipinski definition) is 1. The minimum Gasteiger partial charge on any atom is -0.304 e. The van der Waals surface area contributed by atoms with Gasteiger partial charge in [0.1, 0.15) is 0 Å². The topological polar surface area (TPSA) is 58.5 Å². The number of rotatable bonds is 0. The lowest BCUT2D eigenvalue weighted by Gasteiger charge is -1.96. The standard InChI is InChI=1S/C5H8N2O2S/c1-4(8)7-5-6-2-3-10(5)9/h2-3H2,1H3,(H,6,7,8). The van der Waals surface area contributed by atoms with Crippen LogP contribution in [0, 0.1) is 0 Å². The van der Waals surface area contributed by atoms with Gasteiger partial charge in [-0.2, -0.15) is 0 Å². The van der Waals surface area contributed by atoms with Gasteiger partial charge in [0.2, 0.25) is 5.91 Å². The van der Waals surface area contributed by atoms with E-state index in [0.29, 0.717) is 17.5 Å². The predicted octanol–water partition coefficient (Wildman–Crippen LogP) is -0.759. The molecule has 1 heterocycles. The second-order valence-corrected chi connectivity index (χ2v) is 3.40. The highest BCUT2D eigenvalue weighted by Gasteiger charge is 2.15. The van der Waals surface area contributed by atoms with Crippen LogP contribution in [0.5, 0.6) is 0 Å². The van der Waals surface area contributed by atoms with E-state index in [9.17, 15) is 9.00 Å². The molecule has 0 aromatic rings. The molecule has 1 unspecified atom stereocenters. The Kier molecular flexibility index (Phi) is 2.16. The Morgan fingerprint density at radius 2 is 2.50 bits per heavy atom. The monoisotopic (exact) mass is 160 g/mol. The van der Waals surface area contributed by atoms with Crippen molar-refractivity contribution < 1.29 is 9.00 Å². The summed E-state index contributed by atoms with van der Waals surface area (Å²) < 4.78 is 10.9. The van der Waals surface area contributed by atoms with Gasteiger partial charge in [0.25, 0.3) is 0 Å². The number of carbonyl (C=O) groups is 1. The molecule has 4 nitrogen and oxygen atoms in total. The summed E-state index contributed by atoms with van der Waals surface area (Å²) in [6.45, 7) is 1.93. The van der Waals surface area contributed by atoms with E-state index >= 15 is 0 Å². The molecule has 0 saturated heterocycles. The molecule has 0 fully saturated rings. The minimum atomic E-state index is -1.06. The number of nitrogens with one attached hydrogen (secondary N) is 1. The maximum Gasteiger partial charge on any atom is 0.222 e. The predicted molar refractivity (Wildman–Crippen MR) is 39.1 cm³/mol. The lowest BCUT2D eigenvalue weighted by molar-refractivity contribution is -0.117.